The van der Waals surface area contributed by atoms with Crippen molar-refractivity contribution >= 4 is 67.1 Å². The number of hydrogen-bond acceptors (Lipinski definition) is 7. The Labute approximate surface area is 263 Å². The molecule has 4 aromatic carbocycles. The summed E-state index contributed by atoms with van der Waals surface area (Å²) in [4.78, 5) is 12.7. The average molecular weight is 610 g/mol. The third-order valence-electron chi connectivity index (χ3n) is 5.75. The molecule has 0 fully saturated rings. The van der Waals surface area contributed by atoms with Crippen LogP contribution >= 0.6 is 23.2 Å². The van der Waals surface area contributed by atoms with E-state index in [0.29, 0.717) is 29.4 Å². The molecule has 0 aliphatic heterocycles. The molecule has 1 amide bonds. The molecule has 0 saturated carbocycles. The number of rotatable bonds is 8. The van der Waals surface area contributed by atoms with Gasteiger partial charge in [-0.2, -0.15) is 13.5 Å². The molecule has 0 aromatic heterocycles. The summed E-state index contributed by atoms with van der Waals surface area (Å²) < 4.78 is 39.4. The Balaban J connectivity index is 0.00000441. The van der Waals surface area contributed by atoms with Crippen molar-refractivity contribution in [3.05, 3.63) is 81.8 Å². The SMILES string of the molecule is CCOc1c(Cl)cccc1NC(=O)c1cc2ccccc2c(N=Nc2c(Cl)cc(CC)cc2S(=O)(=O)O)c1[O-].[Na+]. The second-order valence-corrected chi connectivity index (χ2v) is 10.5. The number of para-hydroxylation sites is 1. The van der Waals surface area contributed by atoms with E-state index in [-0.39, 0.29) is 68.0 Å². The molecule has 9 nitrogen and oxygen atoms in total. The molecular formula is C27H22Cl2N3NaO6S. The van der Waals surface area contributed by atoms with E-state index in [1.807, 2.05) is 0 Å². The van der Waals surface area contributed by atoms with Crippen molar-refractivity contribution in [2.24, 2.45) is 10.2 Å². The second-order valence-electron chi connectivity index (χ2n) is 8.28. The molecule has 2 N–H and O–H groups in total. The van der Waals surface area contributed by atoms with Crippen molar-refractivity contribution in [1.29, 1.82) is 0 Å². The van der Waals surface area contributed by atoms with Crippen molar-refractivity contribution in [1.82, 2.24) is 0 Å². The zero-order valence-corrected chi connectivity index (χ0v) is 26.1. The van der Waals surface area contributed by atoms with E-state index >= 15 is 0 Å². The van der Waals surface area contributed by atoms with Crippen LogP contribution in [0.3, 0.4) is 0 Å². The predicted octanol–water partition coefficient (Wildman–Crippen LogP) is 4.10. The number of aryl methyl sites for hydroxylation is 1. The van der Waals surface area contributed by atoms with E-state index in [1.165, 1.54) is 18.2 Å². The van der Waals surface area contributed by atoms with Crippen LogP contribution in [-0.4, -0.2) is 25.5 Å². The van der Waals surface area contributed by atoms with Gasteiger partial charge in [0, 0.05) is 10.9 Å². The maximum absolute atomic E-state index is 13.5. The van der Waals surface area contributed by atoms with E-state index in [1.54, 1.807) is 56.3 Å². The molecule has 0 atom stereocenters. The fourth-order valence-electron chi connectivity index (χ4n) is 3.89. The quantitative estimate of drug-likeness (QED) is 0.175. The number of azo groups is 1. The molecule has 40 heavy (non-hydrogen) atoms. The van der Waals surface area contributed by atoms with Crippen LogP contribution in [0.5, 0.6) is 11.5 Å². The van der Waals surface area contributed by atoms with Gasteiger partial charge in [0.2, 0.25) is 0 Å². The Hall–Kier alpha value is -2.70. The topological polar surface area (TPSA) is 140 Å². The number of nitrogens with one attached hydrogen (secondary N) is 1. The molecule has 4 rings (SSSR count). The minimum Gasteiger partial charge on any atom is -0.870 e. The molecule has 0 saturated heterocycles. The fraction of sp³-hybridized carbons (Fsp3) is 0.148. The Bertz CT molecular complexity index is 1730. The monoisotopic (exact) mass is 609 g/mol. The third-order valence-corrected chi connectivity index (χ3v) is 7.20. The van der Waals surface area contributed by atoms with Crippen LogP contribution in [0.15, 0.2) is 75.8 Å². The summed E-state index contributed by atoms with van der Waals surface area (Å²) in [7, 11) is -4.72. The van der Waals surface area contributed by atoms with Gasteiger partial charge in [-0.15, -0.1) is 5.11 Å². The van der Waals surface area contributed by atoms with Crippen molar-refractivity contribution < 1.29 is 57.2 Å². The number of fused-ring (bicyclic) bond motifs is 1. The fourth-order valence-corrected chi connectivity index (χ4v) is 5.15. The Morgan fingerprint density at radius 2 is 1.70 bits per heavy atom. The molecule has 13 heteroatoms. The van der Waals surface area contributed by atoms with Crippen molar-refractivity contribution in [2.75, 3.05) is 11.9 Å². The number of benzene rings is 4. The summed E-state index contributed by atoms with van der Waals surface area (Å²) in [6.07, 6.45) is 0.448. The van der Waals surface area contributed by atoms with Crippen LogP contribution in [0, 0.1) is 0 Å². The van der Waals surface area contributed by atoms with E-state index in [4.69, 9.17) is 27.9 Å². The third kappa shape index (κ3) is 6.77. The first-order valence-corrected chi connectivity index (χ1v) is 13.9. The molecule has 0 spiro atoms. The zero-order valence-electron chi connectivity index (χ0n) is 21.7. The molecule has 0 bridgehead atoms. The van der Waals surface area contributed by atoms with Gasteiger partial charge in [-0.25, -0.2) is 0 Å². The van der Waals surface area contributed by atoms with Gasteiger partial charge >= 0.3 is 29.6 Å². The molecule has 0 aliphatic rings. The number of nitrogens with zero attached hydrogens (tertiary/aromatic N) is 2. The number of carbonyl (C=O) groups is 1. The smallest absolute Gasteiger partial charge is 0.870 e. The summed E-state index contributed by atoms with van der Waals surface area (Å²) in [5, 5.41) is 25.2. The van der Waals surface area contributed by atoms with E-state index in [0.717, 1.165) is 0 Å². The van der Waals surface area contributed by atoms with Crippen LogP contribution < -0.4 is 44.7 Å². The summed E-state index contributed by atoms with van der Waals surface area (Å²) in [6, 6.07) is 15.6. The van der Waals surface area contributed by atoms with Gasteiger partial charge < -0.3 is 15.2 Å². The molecule has 4 aromatic rings. The summed E-state index contributed by atoms with van der Waals surface area (Å²) in [5.41, 5.74) is 0.0205. The van der Waals surface area contributed by atoms with Crippen LogP contribution in [0.4, 0.5) is 17.1 Å². The number of halogens is 2. The minimum absolute atomic E-state index is 0. The first-order valence-electron chi connectivity index (χ1n) is 11.7. The minimum atomic E-state index is -4.72. The van der Waals surface area contributed by atoms with Crippen molar-refractivity contribution in [2.45, 2.75) is 25.2 Å². The van der Waals surface area contributed by atoms with E-state index < -0.39 is 26.7 Å². The summed E-state index contributed by atoms with van der Waals surface area (Å²) in [5.74, 6) is -1.25. The number of carbonyl (C=O) groups excluding carboxylic acids is 1. The first kappa shape index (κ1) is 31.8. The van der Waals surface area contributed by atoms with Crippen molar-refractivity contribution in [3.8, 4) is 11.5 Å². The second kappa shape index (κ2) is 13.3. The van der Waals surface area contributed by atoms with Gasteiger partial charge in [-0.1, -0.05) is 66.2 Å². The standard InChI is InChI=1S/C27H23Cl2N3O6S.Na/c1-3-15-12-20(29)24(22(13-15)39(35,36)37)32-31-23-17-9-6-5-8-16(17)14-18(25(23)33)27(34)30-21-11-7-10-19(28)26(21)38-4-2;/h5-14,33H,3-4H2,1-2H3,(H,30,34)(H,35,36,37);/q;+1/p-1. The van der Waals surface area contributed by atoms with Crippen LogP contribution in [0.1, 0.15) is 29.8 Å². The van der Waals surface area contributed by atoms with Gasteiger partial charge in [0.05, 0.1) is 28.0 Å². The molecule has 202 valence electrons. The zero-order chi connectivity index (χ0) is 28.3. The van der Waals surface area contributed by atoms with E-state index in [2.05, 4.69) is 15.5 Å². The molecule has 0 aliphatic carbocycles. The van der Waals surface area contributed by atoms with E-state index in [9.17, 15) is 22.9 Å². The Morgan fingerprint density at radius 1 is 1.00 bits per heavy atom. The number of amides is 1. The first-order chi connectivity index (χ1) is 18.5. The largest absolute Gasteiger partial charge is 1.00 e. The number of anilines is 1. The van der Waals surface area contributed by atoms with Crippen LogP contribution in [0.2, 0.25) is 10.0 Å². The van der Waals surface area contributed by atoms with Gasteiger partial charge in [0.25, 0.3) is 16.0 Å². The van der Waals surface area contributed by atoms with Gasteiger partial charge in [-0.05, 0) is 54.6 Å². The molecule has 0 radical (unpaired) electrons. The molecule has 0 unspecified atom stereocenters. The summed E-state index contributed by atoms with van der Waals surface area (Å²) >= 11 is 12.5. The molecule has 0 heterocycles. The maximum atomic E-state index is 13.5. The average Bonchev–Trinajstić information content (AvgIpc) is 2.89. The number of hydrogen-bond donors (Lipinski definition) is 2. The Kier molecular flexibility index (Phi) is 10.6. The summed E-state index contributed by atoms with van der Waals surface area (Å²) in [6.45, 7) is 3.85. The van der Waals surface area contributed by atoms with Gasteiger partial charge in [-0.3, -0.25) is 9.35 Å². The van der Waals surface area contributed by atoms with Gasteiger partial charge in [0.15, 0.2) is 5.75 Å². The molecular weight excluding hydrogens is 588 g/mol. The normalized spacial score (nSPS) is 11.4. The van der Waals surface area contributed by atoms with Gasteiger partial charge in [0.1, 0.15) is 10.6 Å². The Morgan fingerprint density at radius 3 is 2.38 bits per heavy atom. The van der Waals surface area contributed by atoms with Crippen molar-refractivity contribution in [3.63, 3.8) is 0 Å². The number of ether oxygens (including phenoxy) is 1. The predicted molar refractivity (Wildman–Crippen MR) is 149 cm³/mol. The van der Waals surface area contributed by atoms with Crippen LogP contribution in [0.25, 0.3) is 10.8 Å². The maximum Gasteiger partial charge on any atom is 1.00 e. The van der Waals surface area contributed by atoms with Crippen LogP contribution in [-0.2, 0) is 16.5 Å².